The fourth-order valence-electron chi connectivity index (χ4n) is 3.76. The van der Waals surface area contributed by atoms with Crippen LogP contribution in [0.2, 0.25) is 0 Å². The van der Waals surface area contributed by atoms with E-state index in [0.717, 1.165) is 18.4 Å². The number of nitrogens with one attached hydrogen (secondary N) is 1. The van der Waals surface area contributed by atoms with Crippen LogP contribution in [-0.2, 0) is 4.74 Å². The zero-order valence-electron chi connectivity index (χ0n) is 14.0. The summed E-state index contributed by atoms with van der Waals surface area (Å²) in [6, 6.07) is 1.37. The first kappa shape index (κ1) is 16.3. The summed E-state index contributed by atoms with van der Waals surface area (Å²) >= 11 is 0. The molecular weight excluding hydrogens is 248 g/mol. The normalized spacial score (nSPS) is 30.6. The molecule has 3 heteroatoms. The van der Waals surface area contributed by atoms with Gasteiger partial charge in [-0.1, -0.05) is 19.3 Å². The van der Waals surface area contributed by atoms with Crippen LogP contribution in [0.25, 0.3) is 0 Å². The van der Waals surface area contributed by atoms with Crippen molar-refractivity contribution in [2.75, 3.05) is 26.7 Å². The fourth-order valence-corrected chi connectivity index (χ4v) is 3.76. The van der Waals surface area contributed by atoms with Gasteiger partial charge in [-0.2, -0.15) is 0 Å². The lowest BCUT2D eigenvalue weighted by Crippen LogP contribution is -2.58. The van der Waals surface area contributed by atoms with E-state index in [-0.39, 0.29) is 5.60 Å². The standard InChI is InChI=1S/C17H34N2O/c1-14-13-19(11-10-17(2,3)20-4)16(12-18-14)15-8-6-5-7-9-15/h14-16,18H,5-13H2,1-4H3. The molecule has 2 unspecified atom stereocenters. The van der Waals surface area contributed by atoms with Gasteiger partial charge in [0.15, 0.2) is 0 Å². The summed E-state index contributed by atoms with van der Waals surface area (Å²) in [5.74, 6) is 0.911. The molecule has 0 amide bonds. The van der Waals surface area contributed by atoms with E-state index in [1.165, 1.54) is 51.7 Å². The molecule has 0 spiro atoms. The number of ether oxygens (including phenoxy) is 1. The van der Waals surface area contributed by atoms with Gasteiger partial charge in [0, 0.05) is 38.8 Å². The summed E-state index contributed by atoms with van der Waals surface area (Å²) in [6.45, 7) is 10.3. The number of methoxy groups -OCH3 is 1. The average Bonchev–Trinajstić information content (AvgIpc) is 2.46. The Morgan fingerprint density at radius 3 is 2.55 bits per heavy atom. The maximum Gasteiger partial charge on any atom is 0.0634 e. The molecule has 2 atom stereocenters. The first-order chi connectivity index (χ1) is 9.52. The molecule has 2 fully saturated rings. The molecule has 1 aliphatic carbocycles. The fraction of sp³-hybridized carbons (Fsp3) is 1.00. The van der Waals surface area contributed by atoms with Gasteiger partial charge in [0.2, 0.25) is 0 Å². The predicted octanol–water partition coefficient (Wildman–Crippen LogP) is 3.04. The van der Waals surface area contributed by atoms with Crippen molar-refractivity contribution >= 4 is 0 Å². The van der Waals surface area contributed by atoms with E-state index < -0.39 is 0 Å². The molecule has 1 N–H and O–H groups in total. The van der Waals surface area contributed by atoms with Crippen molar-refractivity contribution in [2.24, 2.45) is 5.92 Å². The van der Waals surface area contributed by atoms with Gasteiger partial charge in [0.25, 0.3) is 0 Å². The minimum absolute atomic E-state index is 0.00519. The monoisotopic (exact) mass is 282 g/mol. The van der Waals surface area contributed by atoms with Crippen LogP contribution in [0.3, 0.4) is 0 Å². The van der Waals surface area contributed by atoms with Gasteiger partial charge >= 0.3 is 0 Å². The lowest BCUT2D eigenvalue weighted by atomic mass is 9.82. The average molecular weight is 282 g/mol. The van der Waals surface area contributed by atoms with Gasteiger partial charge in [-0.25, -0.2) is 0 Å². The van der Waals surface area contributed by atoms with E-state index in [9.17, 15) is 0 Å². The van der Waals surface area contributed by atoms with Gasteiger partial charge in [-0.15, -0.1) is 0 Å². The summed E-state index contributed by atoms with van der Waals surface area (Å²) in [5.41, 5.74) is 0.00519. The molecule has 0 aromatic carbocycles. The largest absolute Gasteiger partial charge is 0.379 e. The highest BCUT2D eigenvalue weighted by molar-refractivity contribution is 4.90. The topological polar surface area (TPSA) is 24.5 Å². The van der Waals surface area contributed by atoms with Crippen molar-refractivity contribution in [3.63, 3.8) is 0 Å². The second-order valence-electron chi connectivity index (χ2n) is 7.48. The molecular formula is C17H34N2O. The molecule has 118 valence electrons. The second-order valence-corrected chi connectivity index (χ2v) is 7.48. The van der Waals surface area contributed by atoms with Gasteiger partial charge in [-0.05, 0) is 46.0 Å². The van der Waals surface area contributed by atoms with Crippen LogP contribution in [0.5, 0.6) is 0 Å². The minimum Gasteiger partial charge on any atom is -0.379 e. The molecule has 0 radical (unpaired) electrons. The van der Waals surface area contributed by atoms with E-state index in [1.807, 2.05) is 7.11 Å². The molecule has 2 rings (SSSR count). The number of nitrogens with zero attached hydrogens (tertiary/aromatic N) is 1. The second kappa shape index (κ2) is 7.24. The van der Waals surface area contributed by atoms with Crippen molar-refractivity contribution in [3.05, 3.63) is 0 Å². The Hall–Kier alpha value is -0.120. The van der Waals surface area contributed by atoms with Crippen LogP contribution in [-0.4, -0.2) is 49.3 Å². The maximum absolute atomic E-state index is 5.59. The van der Waals surface area contributed by atoms with Crippen molar-refractivity contribution in [2.45, 2.75) is 77.0 Å². The molecule has 20 heavy (non-hydrogen) atoms. The first-order valence-electron chi connectivity index (χ1n) is 8.54. The van der Waals surface area contributed by atoms with E-state index in [2.05, 4.69) is 31.0 Å². The molecule has 1 saturated heterocycles. The van der Waals surface area contributed by atoms with Crippen molar-refractivity contribution in [3.8, 4) is 0 Å². The Kier molecular flexibility index (Phi) is 5.88. The third-order valence-electron chi connectivity index (χ3n) is 5.40. The van der Waals surface area contributed by atoms with Gasteiger partial charge in [-0.3, -0.25) is 4.90 Å². The highest BCUT2D eigenvalue weighted by Gasteiger charge is 2.33. The zero-order valence-corrected chi connectivity index (χ0v) is 14.0. The third kappa shape index (κ3) is 4.44. The van der Waals surface area contributed by atoms with Gasteiger partial charge in [0.05, 0.1) is 5.60 Å². The third-order valence-corrected chi connectivity index (χ3v) is 5.40. The van der Waals surface area contributed by atoms with E-state index in [1.54, 1.807) is 0 Å². The summed E-state index contributed by atoms with van der Waals surface area (Å²) in [6.07, 6.45) is 8.32. The summed E-state index contributed by atoms with van der Waals surface area (Å²) < 4.78 is 5.59. The van der Waals surface area contributed by atoms with Crippen molar-refractivity contribution in [1.82, 2.24) is 10.2 Å². The number of piperazine rings is 1. The molecule has 0 bridgehead atoms. The Morgan fingerprint density at radius 2 is 1.90 bits per heavy atom. The maximum atomic E-state index is 5.59. The van der Waals surface area contributed by atoms with E-state index in [0.29, 0.717) is 6.04 Å². The number of hydrogen-bond donors (Lipinski definition) is 1. The van der Waals surface area contributed by atoms with Crippen LogP contribution in [0.1, 0.15) is 59.3 Å². The smallest absolute Gasteiger partial charge is 0.0634 e. The molecule has 2 aliphatic rings. The Balaban J connectivity index is 1.93. The molecule has 0 aromatic rings. The SMILES string of the molecule is COC(C)(C)CCN1CC(C)NCC1C1CCCCC1. The summed E-state index contributed by atoms with van der Waals surface area (Å²) in [7, 11) is 1.83. The van der Waals surface area contributed by atoms with Crippen LogP contribution < -0.4 is 5.32 Å². The molecule has 3 nitrogen and oxygen atoms in total. The summed E-state index contributed by atoms with van der Waals surface area (Å²) in [5, 5.41) is 3.70. The summed E-state index contributed by atoms with van der Waals surface area (Å²) in [4.78, 5) is 2.75. The van der Waals surface area contributed by atoms with Crippen LogP contribution in [0.4, 0.5) is 0 Å². The molecule has 1 aliphatic heterocycles. The zero-order chi connectivity index (χ0) is 14.6. The van der Waals surface area contributed by atoms with Crippen LogP contribution in [0.15, 0.2) is 0 Å². The van der Waals surface area contributed by atoms with Gasteiger partial charge < -0.3 is 10.1 Å². The number of rotatable bonds is 5. The van der Waals surface area contributed by atoms with Crippen molar-refractivity contribution in [1.29, 1.82) is 0 Å². The molecule has 1 saturated carbocycles. The van der Waals surface area contributed by atoms with Crippen LogP contribution in [0, 0.1) is 5.92 Å². The van der Waals surface area contributed by atoms with Crippen LogP contribution >= 0.6 is 0 Å². The Morgan fingerprint density at radius 1 is 1.20 bits per heavy atom. The lowest BCUT2D eigenvalue weighted by Gasteiger charge is -2.45. The van der Waals surface area contributed by atoms with Crippen molar-refractivity contribution < 1.29 is 4.74 Å². The van der Waals surface area contributed by atoms with Gasteiger partial charge in [0.1, 0.15) is 0 Å². The van der Waals surface area contributed by atoms with E-state index in [4.69, 9.17) is 4.74 Å². The first-order valence-corrected chi connectivity index (χ1v) is 8.54. The highest BCUT2D eigenvalue weighted by Crippen LogP contribution is 2.30. The predicted molar refractivity (Wildman–Crippen MR) is 85.1 cm³/mol. The minimum atomic E-state index is 0.00519. The Labute approximate surface area is 125 Å². The Bertz CT molecular complexity index is 287. The number of hydrogen-bond acceptors (Lipinski definition) is 3. The highest BCUT2D eigenvalue weighted by atomic mass is 16.5. The van der Waals surface area contributed by atoms with E-state index >= 15 is 0 Å². The molecule has 0 aromatic heterocycles. The lowest BCUT2D eigenvalue weighted by molar-refractivity contribution is -0.00654. The molecule has 1 heterocycles. The quantitative estimate of drug-likeness (QED) is 0.839.